The van der Waals surface area contributed by atoms with E-state index in [-0.39, 0.29) is 0 Å². The maximum Gasteiger partial charge on any atom is 0.0992 e. The van der Waals surface area contributed by atoms with Gasteiger partial charge in [0.15, 0.2) is 0 Å². The van der Waals surface area contributed by atoms with Crippen molar-refractivity contribution in [2.75, 3.05) is 25.0 Å². The van der Waals surface area contributed by atoms with Gasteiger partial charge in [0.1, 0.15) is 0 Å². The maximum atomic E-state index is 9.29. The molecular weight excluding hydrogens is 314 g/mol. The minimum Gasteiger partial charge on any atom is -0.335 e. The van der Waals surface area contributed by atoms with Crippen molar-refractivity contribution in [2.45, 2.75) is 36.1 Å². The molecule has 4 heteroatoms. The third-order valence-corrected chi connectivity index (χ3v) is 5.44. The zero-order valence-corrected chi connectivity index (χ0v) is 15.3. The molecule has 0 radical (unpaired) electrons. The van der Waals surface area contributed by atoms with Crippen molar-refractivity contribution in [3.05, 3.63) is 48.0 Å². The van der Waals surface area contributed by atoms with E-state index in [1.165, 1.54) is 15.5 Å². The number of fused-ring (bicyclic) bond motifs is 2. The summed E-state index contributed by atoms with van der Waals surface area (Å²) < 4.78 is 0. The van der Waals surface area contributed by atoms with Crippen LogP contribution < -0.4 is 4.90 Å². The summed E-state index contributed by atoms with van der Waals surface area (Å²) in [5.41, 5.74) is 3.10. The fraction of sp³-hybridized carbons (Fsp3) is 0.350. The van der Waals surface area contributed by atoms with Crippen molar-refractivity contribution in [2.24, 2.45) is 0 Å². The van der Waals surface area contributed by atoms with Crippen LogP contribution in [0, 0.1) is 11.3 Å². The molecule has 0 amide bonds. The van der Waals surface area contributed by atoms with Crippen molar-refractivity contribution in [1.29, 1.82) is 5.26 Å². The Morgan fingerprint density at radius 2 is 1.92 bits per heavy atom. The Hall–Kier alpha value is -1.96. The molecule has 1 atom stereocenters. The predicted molar refractivity (Wildman–Crippen MR) is 101 cm³/mol. The normalized spacial score (nSPS) is 14.0. The van der Waals surface area contributed by atoms with Crippen LogP contribution in [0.5, 0.6) is 0 Å². The largest absolute Gasteiger partial charge is 0.335 e. The SMILES string of the molecule is CCCN(C)CC(C)N1c2ccccc2Sc2ccc(C#N)cc21. The van der Waals surface area contributed by atoms with Gasteiger partial charge >= 0.3 is 0 Å². The third kappa shape index (κ3) is 3.28. The number of anilines is 2. The van der Waals surface area contributed by atoms with Crippen LogP contribution in [0.15, 0.2) is 52.3 Å². The second-order valence-electron chi connectivity index (χ2n) is 6.35. The van der Waals surface area contributed by atoms with Crippen LogP contribution in [0.3, 0.4) is 0 Å². The molecule has 0 saturated heterocycles. The number of nitrogens with zero attached hydrogens (tertiary/aromatic N) is 3. The monoisotopic (exact) mass is 337 g/mol. The highest BCUT2D eigenvalue weighted by Gasteiger charge is 2.27. The van der Waals surface area contributed by atoms with Gasteiger partial charge in [-0.1, -0.05) is 30.8 Å². The molecule has 0 N–H and O–H groups in total. The van der Waals surface area contributed by atoms with Crippen LogP contribution >= 0.6 is 11.8 Å². The smallest absolute Gasteiger partial charge is 0.0992 e. The van der Waals surface area contributed by atoms with E-state index in [1.54, 1.807) is 11.8 Å². The molecule has 24 heavy (non-hydrogen) atoms. The number of rotatable bonds is 5. The summed E-state index contributed by atoms with van der Waals surface area (Å²) >= 11 is 1.79. The van der Waals surface area contributed by atoms with E-state index in [0.29, 0.717) is 11.6 Å². The lowest BCUT2D eigenvalue weighted by atomic mass is 10.1. The Bertz CT molecular complexity index is 766. The van der Waals surface area contributed by atoms with Crippen molar-refractivity contribution in [1.82, 2.24) is 4.90 Å². The summed E-state index contributed by atoms with van der Waals surface area (Å²) in [5.74, 6) is 0. The molecule has 2 aromatic rings. The molecule has 1 unspecified atom stereocenters. The molecule has 0 bridgehead atoms. The third-order valence-electron chi connectivity index (χ3n) is 4.31. The summed E-state index contributed by atoms with van der Waals surface area (Å²) in [4.78, 5) is 7.27. The van der Waals surface area contributed by atoms with Gasteiger partial charge < -0.3 is 9.80 Å². The van der Waals surface area contributed by atoms with Gasteiger partial charge in [0.25, 0.3) is 0 Å². The summed E-state index contributed by atoms with van der Waals surface area (Å²) in [7, 11) is 2.18. The first-order valence-electron chi connectivity index (χ1n) is 8.43. The molecular formula is C20H23N3S. The van der Waals surface area contributed by atoms with Gasteiger partial charge in [-0.25, -0.2) is 0 Å². The Morgan fingerprint density at radius 1 is 1.17 bits per heavy atom. The van der Waals surface area contributed by atoms with Crippen molar-refractivity contribution >= 4 is 23.1 Å². The zero-order valence-electron chi connectivity index (χ0n) is 14.5. The van der Waals surface area contributed by atoms with Gasteiger partial charge in [-0.05, 0) is 57.3 Å². The van der Waals surface area contributed by atoms with Crippen molar-refractivity contribution in [3.63, 3.8) is 0 Å². The lowest BCUT2D eigenvalue weighted by Crippen LogP contribution is -2.39. The molecule has 0 saturated carbocycles. The first-order chi connectivity index (χ1) is 11.6. The Balaban J connectivity index is 2.02. The highest BCUT2D eigenvalue weighted by molar-refractivity contribution is 7.99. The molecule has 1 aliphatic rings. The van der Waals surface area contributed by atoms with E-state index in [4.69, 9.17) is 0 Å². The average Bonchev–Trinajstić information content (AvgIpc) is 2.59. The summed E-state index contributed by atoms with van der Waals surface area (Å²) in [6.45, 7) is 6.56. The zero-order chi connectivity index (χ0) is 17.1. The molecule has 0 spiro atoms. The van der Waals surface area contributed by atoms with E-state index in [0.717, 1.165) is 25.2 Å². The van der Waals surface area contributed by atoms with Crippen LogP contribution in [0.2, 0.25) is 0 Å². The summed E-state index contributed by atoms with van der Waals surface area (Å²) in [5, 5.41) is 9.29. The molecule has 3 rings (SSSR count). The minimum absolute atomic E-state index is 0.330. The fourth-order valence-corrected chi connectivity index (χ4v) is 4.39. The van der Waals surface area contributed by atoms with E-state index >= 15 is 0 Å². The fourth-order valence-electron chi connectivity index (χ4n) is 3.33. The number of nitriles is 1. The van der Waals surface area contributed by atoms with Crippen LogP contribution in [-0.2, 0) is 0 Å². The lowest BCUT2D eigenvalue weighted by molar-refractivity contribution is 0.316. The van der Waals surface area contributed by atoms with E-state index < -0.39 is 0 Å². The lowest BCUT2D eigenvalue weighted by Gasteiger charge is -2.38. The molecule has 0 fully saturated rings. The summed E-state index contributed by atoms with van der Waals surface area (Å²) in [6.07, 6.45) is 1.16. The van der Waals surface area contributed by atoms with Gasteiger partial charge in [-0.15, -0.1) is 0 Å². The first kappa shape index (κ1) is 16.9. The number of hydrogen-bond acceptors (Lipinski definition) is 4. The molecule has 1 heterocycles. The van der Waals surface area contributed by atoms with E-state index in [2.05, 4.69) is 67.1 Å². The van der Waals surface area contributed by atoms with Gasteiger partial charge in [0.05, 0.1) is 23.0 Å². The highest BCUT2D eigenvalue weighted by Crippen LogP contribution is 2.49. The Kier molecular flexibility index (Phi) is 5.13. The van der Waals surface area contributed by atoms with Crippen LogP contribution in [0.4, 0.5) is 11.4 Å². The Morgan fingerprint density at radius 3 is 2.67 bits per heavy atom. The topological polar surface area (TPSA) is 30.3 Å². The van der Waals surface area contributed by atoms with E-state index in [9.17, 15) is 5.26 Å². The van der Waals surface area contributed by atoms with Crippen molar-refractivity contribution in [3.8, 4) is 6.07 Å². The number of benzene rings is 2. The maximum absolute atomic E-state index is 9.29. The molecule has 3 nitrogen and oxygen atoms in total. The van der Waals surface area contributed by atoms with Crippen LogP contribution in [-0.4, -0.2) is 31.1 Å². The minimum atomic E-state index is 0.330. The Labute approximate surface area is 148 Å². The van der Waals surface area contributed by atoms with Gasteiger partial charge in [-0.3, -0.25) is 0 Å². The van der Waals surface area contributed by atoms with Crippen LogP contribution in [0.1, 0.15) is 25.8 Å². The predicted octanol–water partition coefficient (Wildman–Crippen LogP) is 4.89. The standard InChI is InChI=1S/C20H23N3S/c1-4-11-22(3)14-15(2)23-17-7-5-6-8-19(17)24-20-10-9-16(13-21)12-18(20)23/h5-10,12,15H,4,11,14H2,1-3H3. The molecule has 0 aliphatic carbocycles. The van der Waals surface area contributed by atoms with Crippen LogP contribution in [0.25, 0.3) is 0 Å². The molecule has 1 aliphatic heterocycles. The highest BCUT2D eigenvalue weighted by atomic mass is 32.2. The molecule has 124 valence electrons. The second kappa shape index (κ2) is 7.29. The van der Waals surface area contributed by atoms with E-state index in [1.807, 2.05) is 12.1 Å². The second-order valence-corrected chi connectivity index (χ2v) is 7.43. The van der Waals surface area contributed by atoms with Gasteiger partial charge in [0.2, 0.25) is 0 Å². The molecule has 0 aromatic heterocycles. The number of para-hydroxylation sites is 1. The summed E-state index contributed by atoms with van der Waals surface area (Å²) in [6, 6.07) is 17.1. The van der Waals surface area contributed by atoms with Gasteiger partial charge in [0, 0.05) is 22.4 Å². The first-order valence-corrected chi connectivity index (χ1v) is 9.24. The average molecular weight is 337 g/mol. The quantitative estimate of drug-likeness (QED) is 0.777. The number of hydrogen-bond donors (Lipinski definition) is 0. The van der Waals surface area contributed by atoms with Gasteiger partial charge in [-0.2, -0.15) is 5.26 Å². The molecule has 2 aromatic carbocycles. The van der Waals surface area contributed by atoms with Crippen molar-refractivity contribution < 1.29 is 0 Å². The number of likely N-dealkylation sites (N-methyl/N-ethyl adjacent to an activating group) is 1.